The lowest BCUT2D eigenvalue weighted by atomic mass is 10.0. The first kappa shape index (κ1) is 15.2. The first-order chi connectivity index (χ1) is 8.65. The average Bonchev–Trinajstić information content (AvgIpc) is 2.37. The summed E-state index contributed by atoms with van der Waals surface area (Å²) in [5, 5.41) is 12.7. The fraction of sp³-hybridized carbons (Fsp3) is 0.417. The Morgan fingerprint density at radius 2 is 2.11 bits per heavy atom. The highest BCUT2D eigenvalue weighted by Gasteiger charge is 2.27. The van der Waals surface area contributed by atoms with Crippen molar-refractivity contribution in [2.24, 2.45) is 0 Å². The minimum absolute atomic E-state index is 0. The molecule has 0 aliphatic carbocycles. The summed E-state index contributed by atoms with van der Waals surface area (Å²) in [5.41, 5.74) is 0.537. The van der Waals surface area contributed by atoms with E-state index in [2.05, 4.69) is 5.32 Å². The number of ether oxygens (including phenoxy) is 3. The van der Waals surface area contributed by atoms with Crippen LogP contribution in [0.25, 0.3) is 0 Å². The Morgan fingerprint density at radius 3 is 2.68 bits per heavy atom. The Labute approximate surface area is 117 Å². The largest absolute Gasteiger partial charge is 0.507 e. The second-order valence-corrected chi connectivity index (χ2v) is 3.88. The average molecular weight is 290 g/mol. The second kappa shape index (κ2) is 6.38. The molecule has 7 heteroatoms. The van der Waals surface area contributed by atoms with E-state index < -0.39 is 6.09 Å². The molecule has 0 bridgehead atoms. The molecule has 1 aliphatic heterocycles. The van der Waals surface area contributed by atoms with Crippen molar-refractivity contribution < 1.29 is 24.1 Å². The number of nitrogens with one attached hydrogen (secondary N) is 1. The number of hydrogen-bond donors (Lipinski definition) is 2. The maximum atomic E-state index is 11.2. The van der Waals surface area contributed by atoms with E-state index in [9.17, 15) is 9.90 Å². The lowest BCUT2D eigenvalue weighted by Crippen LogP contribution is -2.35. The van der Waals surface area contributed by atoms with E-state index >= 15 is 0 Å². The van der Waals surface area contributed by atoms with Crippen molar-refractivity contribution in [3.63, 3.8) is 0 Å². The number of halogens is 1. The predicted molar refractivity (Wildman–Crippen MR) is 70.3 cm³/mol. The quantitative estimate of drug-likeness (QED) is 0.890. The van der Waals surface area contributed by atoms with Crippen LogP contribution in [0.2, 0.25) is 0 Å². The van der Waals surface area contributed by atoms with Gasteiger partial charge < -0.3 is 24.6 Å². The molecule has 0 saturated carbocycles. The first-order valence-corrected chi connectivity index (χ1v) is 5.54. The molecule has 19 heavy (non-hydrogen) atoms. The van der Waals surface area contributed by atoms with Crippen LogP contribution in [0.3, 0.4) is 0 Å². The summed E-state index contributed by atoms with van der Waals surface area (Å²) in [7, 11) is 3.00. The molecule has 2 N–H and O–H groups in total. The third-order valence-corrected chi connectivity index (χ3v) is 2.83. The molecule has 1 amide bonds. The number of benzene rings is 1. The lowest BCUT2D eigenvalue weighted by molar-refractivity contribution is 0.114. The predicted octanol–water partition coefficient (Wildman–Crippen LogP) is 2.00. The van der Waals surface area contributed by atoms with E-state index in [1.807, 2.05) is 0 Å². The third-order valence-electron chi connectivity index (χ3n) is 2.83. The van der Waals surface area contributed by atoms with Gasteiger partial charge in [0.1, 0.15) is 17.2 Å². The molecule has 0 spiro atoms. The molecule has 1 aromatic rings. The van der Waals surface area contributed by atoms with Crippen molar-refractivity contribution in [3.8, 4) is 17.2 Å². The topological polar surface area (TPSA) is 77.0 Å². The van der Waals surface area contributed by atoms with Gasteiger partial charge in [-0.25, -0.2) is 4.79 Å². The van der Waals surface area contributed by atoms with Crippen LogP contribution in [-0.4, -0.2) is 32.0 Å². The highest BCUT2D eigenvalue weighted by molar-refractivity contribution is 5.85. The molecule has 0 radical (unpaired) electrons. The van der Waals surface area contributed by atoms with Gasteiger partial charge in [-0.2, -0.15) is 0 Å². The zero-order chi connectivity index (χ0) is 13.1. The summed E-state index contributed by atoms with van der Waals surface area (Å²) < 4.78 is 15.1. The first-order valence-electron chi connectivity index (χ1n) is 5.54. The summed E-state index contributed by atoms with van der Waals surface area (Å²) in [6, 6.07) is 2.82. The zero-order valence-electron chi connectivity index (χ0n) is 10.6. The van der Waals surface area contributed by atoms with E-state index in [4.69, 9.17) is 14.2 Å². The normalized spacial score (nSPS) is 17.8. The van der Waals surface area contributed by atoms with Crippen LogP contribution >= 0.6 is 12.4 Å². The van der Waals surface area contributed by atoms with Crippen molar-refractivity contribution in [2.75, 3.05) is 20.8 Å². The van der Waals surface area contributed by atoms with Crippen molar-refractivity contribution in [2.45, 2.75) is 12.5 Å². The van der Waals surface area contributed by atoms with Crippen molar-refractivity contribution in [3.05, 3.63) is 17.7 Å². The maximum absolute atomic E-state index is 11.2. The summed E-state index contributed by atoms with van der Waals surface area (Å²) in [6.07, 6.45) is 0.0747. The van der Waals surface area contributed by atoms with Gasteiger partial charge in [0.2, 0.25) is 0 Å². The Bertz CT molecular complexity index is 466. The van der Waals surface area contributed by atoms with E-state index in [0.717, 1.165) is 0 Å². The van der Waals surface area contributed by atoms with Gasteiger partial charge in [0.15, 0.2) is 0 Å². The second-order valence-electron chi connectivity index (χ2n) is 3.88. The summed E-state index contributed by atoms with van der Waals surface area (Å²) in [4.78, 5) is 11.2. The number of carbonyl (C=O) groups is 1. The number of aromatic hydroxyl groups is 1. The number of carbonyl (C=O) groups excluding carboxylic acids is 1. The Morgan fingerprint density at radius 1 is 1.37 bits per heavy atom. The number of alkyl carbamates (subject to hydrolysis) is 1. The van der Waals surface area contributed by atoms with Crippen LogP contribution in [0.5, 0.6) is 17.2 Å². The third kappa shape index (κ3) is 3.14. The summed E-state index contributed by atoms with van der Waals surface area (Å²) in [5.74, 6) is 0.990. The molecule has 2 rings (SSSR count). The van der Waals surface area contributed by atoms with Crippen LogP contribution in [0.4, 0.5) is 4.79 Å². The van der Waals surface area contributed by atoms with Gasteiger partial charge in [-0.1, -0.05) is 0 Å². The van der Waals surface area contributed by atoms with Gasteiger partial charge in [0.05, 0.1) is 32.4 Å². The zero-order valence-corrected chi connectivity index (χ0v) is 11.5. The molecule has 1 heterocycles. The van der Waals surface area contributed by atoms with Gasteiger partial charge in [-0.15, -0.1) is 12.4 Å². The summed E-state index contributed by atoms with van der Waals surface area (Å²) >= 11 is 0. The highest BCUT2D eigenvalue weighted by atomic mass is 35.5. The highest BCUT2D eigenvalue weighted by Crippen LogP contribution is 2.39. The molecule has 1 aromatic carbocycles. The van der Waals surface area contributed by atoms with Gasteiger partial charge >= 0.3 is 6.09 Å². The molecule has 1 atom stereocenters. The lowest BCUT2D eigenvalue weighted by Gasteiger charge is -2.26. The summed E-state index contributed by atoms with van der Waals surface area (Å²) in [6.45, 7) is 0.311. The van der Waals surface area contributed by atoms with Crippen molar-refractivity contribution >= 4 is 18.5 Å². The molecule has 0 aromatic heterocycles. The number of phenols is 1. The molecule has 0 unspecified atom stereocenters. The monoisotopic (exact) mass is 289 g/mol. The number of hydrogen-bond acceptors (Lipinski definition) is 5. The number of amides is 1. The molecular formula is C12H16ClNO5. The minimum atomic E-state index is -0.497. The van der Waals surface area contributed by atoms with Crippen molar-refractivity contribution in [1.29, 1.82) is 0 Å². The van der Waals surface area contributed by atoms with E-state index in [1.54, 1.807) is 6.07 Å². The van der Waals surface area contributed by atoms with Crippen LogP contribution < -0.4 is 14.8 Å². The van der Waals surface area contributed by atoms with E-state index in [1.165, 1.54) is 20.3 Å². The Hall–Kier alpha value is -1.82. The smallest absolute Gasteiger partial charge is 0.407 e. The van der Waals surface area contributed by atoms with Crippen LogP contribution in [0, 0.1) is 0 Å². The number of rotatable bonds is 3. The molecular weight excluding hydrogens is 274 g/mol. The Kier molecular flexibility index (Phi) is 5.11. The minimum Gasteiger partial charge on any atom is -0.507 e. The molecule has 1 fully saturated rings. The molecule has 6 nitrogen and oxygen atoms in total. The SMILES string of the molecule is COc1cc(O)c([C@@H]2CCOC(=O)N2)c(OC)c1.Cl. The standard InChI is InChI=1S/C12H15NO5.ClH/c1-16-7-5-9(14)11(10(6-7)17-2)8-3-4-18-12(15)13-8;/h5-6,8,14H,3-4H2,1-2H3,(H,13,15);1H/t8-;/m0./s1. The maximum Gasteiger partial charge on any atom is 0.407 e. The molecule has 1 saturated heterocycles. The number of cyclic esters (lactones) is 1. The number of phenolic OH excluding ortho intramolecular Hbond substituents is 1. The van der Waals surface area contributed by atoms with Gasteiger partial charge in [0, 0.05) is 18.6 Å². The van der Waals surface area contributed by atoms with E-state index in [0.29, 0.717) is 30.1 Å². The van der Waals surface area contributed by atoms with Gasteiger partial charge in [0.25, 0.3) is 0 Å². The van der Waals surface area contributed by atoms with Gasteiger partial charge in [-0.05, 0) is 0 Å². The Balaban J connectivity index is 0.00000180. The fourth-order valence-corrected chi connectivity index (χ4v) is 1.97. The molecule has 1 aliphatic rings. The number of methoxy groups -OCH3 is 2. The van der Waals surface area contributed by atoms with E-state index in [-0.39, 0.29) is 24.2 Å². The van der Waals surface area contributed by atoms with Crippen LogP contribution in [-0.2, 0) is 4.74 Å². The molecule has 106 valence electrons. The van der Waals surface area contributed by atoms with Crippen LogP contribution in [0.15, 0.2) is 12.1 Å². The van der Waals surface area contributed by atoms with Crippen molar-refractivity contribution in [1.82, 2.24) is 5.32 Å². The van der Waals surface area contributed by atoms with Gasteiger partial charge in [-0.3, -0.25) is 0 Å². The fourth-order valence-electron chi connectivity index (χ4n) is 1.97. The van der Waals surface area contributed by atoms with Crippen LogP contribution in [0.1, 0.15) is 18.0 Å².